The predicted molar refractivity (Wildman–Crippen MR) is 65.1 cm³/mol. The first kappa shape index (κ1) is 12.4. The van der Waals surface area contributed by atoms with E-state index in [1.54, 1.807) is 0 Å². The minimum absolute atomic E-state index is 0.101. The minimum atomic E-state index is 0.101. The van der Waals surface area contributed by atoms with Crippen LogP contribution in [0.4, 0.5) is 0 Å². The second-order valence-electron chi connectivity index (χ2n) is 4.65. The third-order valence-electron chi connectivity index (χ3n) is 3.32. The molecule has 2 rings (SSSR count). The van der Waals surface area contributed by atoms with E-state index in [0.717, 1.165) is 43.0 Å². The smallest absolute Gasteiger partial charge is 0.0648 e. The summed E-state index contributed by atoms with van der Waals surface area (Å²) in [6, 6.07) is 2.16. The molecule has 0 radical (unpaired) electrons. The highest BCUT2D eigenvalue weighted by Crippen LogP contribution is 2.29. The maximum Gasteiger partial charge on any atom is 0.0648 e. The quantitative estimate of drug-likeness (QED) is 0.605. The molecule has 2 heterocycles. The summed E-state index contributed by atoms with van der Waals surface area (Å²) in [5, 5.41) is 8.21. The van der Waals surface area contributed by atoms with Crippen LogP contribution in [-0.2, 0) is 4.74 Å². The van der Waals surface area contributed by atoms with Gasteiger partial charge >= 0.3 is 0 Å². The normalized spacial score (nSPS) is 22.4. The molecule has 1 fully saturated rings. The molecular formula is C12H20N4O. The van der Waals surface area contributed by atoms with Crippen molar-refractivity contribution in [2.45, 2.75) is 32.7 Å². The van der Waals surface area contributed by atoms with Crippen molar-refractivity contribution in [3.05, 3.63) is 23.0 Å². The van der Waals surface area contributed by atoms with Crippen molar-refractivity contribution in [2.75, 3.05) is 13.2 Å². The number of aromatic nitrogens is 2. The van der Waals surface area contributed by atoms with Crippen LogP contribution < -0.4 is 11.3 Å². The average Bonchev–Trinajstić information content (AvgIpc) is 2.36. The number of hydrogen-bond donors (Lipinski definition) is 2. The fourth-order valence-electron chi connectivity index (χ4n) is 2.39. The number of nitrogens with two attached hydrogens (primary N) is 1. The lowest BCUT2D eigenvalue weighted by molar-refractivity contribution is 0.0388. The topological polar surface area (TPSA) is 73.1 Å². The zero-order chi connectivity index (χ0) is 12.3. The average molecular weight is 236 g/mol. The summed E-state index contributed by atoms with van der Waals surface area (Å²) in [5.41, 5.74) is 5.90. The van der Waals surface area contributed by atoms with Crippen molar-refractivity contribution in [3.63, 3.8) is 0 Å². The molecule has 2 unspecified atom stereocenters. The van der Waals surface area contributed by atoms with E-state index in [9.17, 15) is 0 Å². The Labute approximate surface area is 102 Å². The third kappa shape index (κ3) is 2.80. The monoisotopic (exact) mass is 236 g/mol. The van der Waals surface area contributed by atoms with E-state index in [4.69, 9.17) is 10.6 Å². The predicted octanol–water partition coefficient (Wildman–Crippen LogP) is 1.02. The molecule has 1 saturated heterocycles. The highest BCUT2D eigenvalue weighted by molar-refractivity contribution is 5.24. The van der Waals surface area contributed by atoms with E-state index in [1.807, 2.05) is 13.8 Å². The van der Waals surface area contributed by atoms with Gasteiger partial charge in [-0.3, -0.25) is 11.3 Å². The summed E-state index contributed by atoms with van der Waals surface area (Å²) in [5.74, 6) is 6.11. The summed E-state index contributed by atoms with van der Waals surface area (Å²) >= 11 is 0. The van der Waals surface area contributed by atoms with E-state index in [1.165, 1.54) is 0 Å². The van der Waals surface area contributed by atoms with Crippen LogP contribution in [-0.4, -0.2) is 23.4 Å². The van der Waals surface area contributed by atoms with Crippen LogP contribution in [0.1, 0.15) is 35.8 Å². The summed E-state index contributed by atoms with van der Waals surface area (Å²) in [4.78, 5) is 0. The van der Waals surface area contributed by atoms with Gasteiger partial charge in [0.25, 0.3) is 0 Å². The number of rotatable bonds is 3. The van der Waals surface area contributed by atoms with E-state index in [2.05, 4.69) is 21.7 Å². The fourth-order valence-corrected chi connectivity index (χ4v) is 2.39. The molecule has 0 amide bonds. The Hall–Kier alpha value is -1.04. The van der Waals surface area contributed by atoms with E-state index in [0.29, 0.717) is 5.92 Å². The van der Waals surface area contributed by atoms with Gasteiger partial charge in [0, 0.05) is 12.5 Å². The Morgan fingerprint density at radius 2 is 2.29 bits per heavy atom. The van der Waals surface area contributed by atoms with Crippen molar-refractivity contribution < 1.29 is 4.74 Å². The minimum Gasteiger partial charge on any atom is -0.381 e. The van der Waals surface area contributed by atoms with Gasteiger partial charge in [-0.05, 0) is 38.3 Å². The fraction of sp³-hybridized carbons (Fsp3) is 0.667. The second-order valence-corrected chi connectivity index (χ2v) is 4.65. The van der Waals surface area contributed by atoms with E-state index in [-0.39, 0.29) is 6.04 Å². The van der Waals surface area contributed by atoms with Crippen molar-refractivity contribution in [1.82, 2.24) is 15.6 Å². The zero-order valence-electron chi connectivity index (χ0n) is 10.4. The maximum atomic E-state index is 5.70. The SMILES string of the molecule is Cc1cc(C(NN)C2CCCOC2)c(C)nn1. The highest BCUT2D eigenvalue weighted by Gasteiger charge is 2.26. The number of nitrogens with one attached hydrogen (secondary N) is 1. The summed E-state index contributed by atoms with van der Waals surface area (Å²) < 4.78 is 5.52. The molecule has 0 spiro atoms. The molecule has 0 saturated carbocycles. The van der Waals surface area contributed by atoms with Crippen LogP contribution in [0, 0.1) is 19.8 Å². The van der Waals surface area contributed by atoms with Gasteiger partial charge < -0.3 is 4.74 Å². The van der Waals surface area contributed by atoms with Crippen molar-refractivity contribution in [1.29, 1.82) is 0 Å². The Bertz CT molecular complexity index is 377. The zero-order valence-corrected chi connectivity index (χ0v) is 10.4. The molecule has 17 heavy (non-hydrogen) atoms. The van der Waals surface area contributed by atoms with Gasteiger partial charge in [0.2, 0.25) is 0 Å². The first-order valence-electron chi connectivity index (χ1n) is 6.07. The van der Waals surface area contributed by atoms with Crippen molar-refractivity contribution in [2.24, 2.45) is 11.8 Å². The van der Waals surface area contributed by atoms with E-state index >= 15 is 0 Å². The van der Waals surface area contributed by atoms with Gasteiger partial charge in [-0.25, -0.2) is 0 Å². The third-order valence-corrected chi connectivity index (χ3v) is 3.32. The molecule has 0 bridgehead atoms. The van der Waals surface area contributed by atoms with Gasteiger partial charge in [0.1, 0.15) is 0 Å². The summed E-state index contributed by atoms with van der Waals surface area (Å²) in [7, 11) is 0. The number of aryl methyl sites for hydroxylation is 2. The molecule has 1 aliphatic rings. The molecule has 5 heteroatoms. The van der Waals surface area contributed by atoms with Gasteiger partial charge in [0.05, 0.1) is 24.0 Å². The Morgan fingerprint density at radius 1 is 1.47 bits per heavy atom. The van der Waals surface area contributed by atoms with Crippen LogP contribution in [0.2, 0.25) is 0 Å². The molecule has 3 N–H and O–H groups in total. The molecule has 0 aliphatic carbocycles. The van der Waals surface area contributed by atoms with Gasteiger partial charge in [-0.15, -0.1) is 0 Å². The lowest BCUT2D eigenvalue weighted by Crippen LogP contribution is -2.37. The first-order valence-corrected chi connectivity index (χ1v) is 6.07. The standard InChI is InChI=1S/C12H20N4O/c1-8-6-11(9(2)16-15-8)12(14-13)10-4-3-5-17-7-10/h6,10,12,14H,3-5,7,13H2,1-2H3. The molecule has 94 valence electrons. The summed E-state index contributed by atoms with van der Waals surface area (Å²) in [6.45, 7) is 5.53. The van der Waals surface area contributed by atoms with Crippen LogP contribution in [0.5, 0.6) is 0 Å². The van der Waals surface area contributed by atoms with Gasteiger partial charge in [0.15, 0.2) is 0 Å². The Kier molecular flexibility index (Phi) is 4.04. The first-order chi connectivity index (χ1) is 8.22. The van der Waals surface area contributed by atoms with Crippen molar-refractivity contribution in [3.8, 4) is 0 Å². The summed E-state index contributed by atoms with van der Waals surface area (Å²) in [6.07, 6.45) is 2.23. The molecular weight excluding hydrogens is 216 g/mol. The Morgan fingerprint density at radius 3 is 2.94 bits per heavy atom. The number of nitrogens with zero attached hydrogens (tertiary/aromatic N) is 2. The number of hydrazine groups is 1. The van der Waals surface area contributed by atoms with Crippen LogP contribution in [0.25, 0.3) is 0 Å². The molecule has 2 atom stereocenters. The van der Waals surface area contributed by atoms with Crippen molar-refractivity contribution >= 4 is 0 Å². The maximum absolute atomic E-state index is 5.70. The van der Waals surface area contributed by atoms with Crippen LogP contribution in [0.3, 0.4) is 0 Å². The van der Waals surface area contributed by atoms with Crippen LogP contribution in [0.15, 0.2) is 6.07 Å². The van der Waals surface area contributed by atoms with Gasteiger partial charge in [-0.2, -0.15) is 10.2 Å². The lowest BCUT2D eigenvalue weighted by atomic mass is 9.88. The number of ether oxygens (including phenoxy) is 1. The highest BCUT2D eigenvalue weighted by atomic mass is 16.5. The lowest BCUT2D eigenvalue weighted by Gasteiger charge is -2.30. The largest absolute Gasteiger partial charge is 0.381 e. The molecule has 5 nitrogen and oxygen atoms in total. The Balaban J connectivity index is 2.24. The number of hydrogen-bond acceptors (Lipinski definition) is 5. The molecule has 1 aliphatic heterocycles. The van der Waals surface area contributed by atoms with E-state index < -0.39 is 0 Å². The van der Waals surface area contributed by atoms with Crippen LogP contribution >= 0.6 is 0 Å². The second kappa shape index (κ2) is 5.53. The van der Waals surface area contributed by atoms with Gasteiger partial charge in [-0.1, -0.05) is 0 Å². The molecule has 0 aromatic carbocycles. The molecule has 1 aromatic heterocycles. The molecule has 1 aromatic rings.